The molecule has 10 heteroatoms. The number of hydrogen-bond acceptors (Lipinski definition) is 0. The first-order valence-electron chi connectivity index (χ1n) is 40.0. The van der Waals surface area contributed by atoms with Gasteiger partial charge in [0.2, 0.25) is 22.8 Å². The third kappa shape index (κ3) is 16.9. The third-order valence-corrected chi connectivity index (χ3v) is 32.1. The van der Waals surface area contributed by atoms with Gasteiger partial charge >= 0.3 is 0 Å². The summed E-state index contributed by atoms with van der Waals surface area (Å²) >= 11 is 0. The molecule has 0 fully saturated rings. The van der Waals surface area contributed by atoms with E-state index in [0.29, 0.717) is 11.1 Å². The molecule has 14 aromatic rings. The number of fused-ring (bicyclic) bond motifs is 4. The Morgan fingerprint density at radius 3 is 0.946 bits per heavy atom. The summed E-state index contributed by atoms with van der Waals surface area (Å²) in [7, 11) is 3.05. The quantitative estimate of drug-likeness (QED) is 0.0958. The van der Waals surface area contributed by atoms with Crippen LogP contribution in [0.15, 0.2) is 194 Å². The van der Waals surface area contributed by atoms with Gasteiger partial charge in [-0.15, -0.1) is 0 Å². The Kier molecular flexibility index (Phi) is 24.0. The molecule has 0 radical (unpaired) electrons. The first-order valence-corrected chi connectivity index (χ1v) is 54.0. The van der Waals surface area contributed by atoms with E-state index < -0.39 is 32.3 Å². The van der Waals surface area contributed by atoms with E-state index in [1.54, 1.807) is 0 Å². The van der Waals surface area contributed by atoms with Crippen LogP contribution >= 0.6 is 0 Å². The van der Waals surface area contributed by atoms with Gasteiger partial charge in [0.15, 0.2) is 22.8 Å². The Labute approximate surface area is 673 Å². The van der Waals surface area contributed by atoms with Crippen LogP contribution in [-0.4, -0.2) is 32.3 Å². The zero-order chi connectivity index (χ0) is 82.0. The summed E-state index contributed by atoms with van der Waals surface area (Å²) in [5.74, 6) is -0.197. The molecule has 0 aliphatic heterocycles. The lowest BCUT2D eigenvalue weighted by atomic mass is 9.91. The molecular formula is C102H122F2N4Si4+4. The van der Waals surface area contributed by atoms with Crippen molar-refractivity contribution in [1.29, 1.82) is 0 Å². The van der Waals surface area contributed by atoms with Crippen molar-refractivity contribution in [3.63, 3.8) is 0 Å². The summed E-state index contributed by atoms with van der Waals surface area (Å²) in [5.41, 5.74) is 30.0. The monoisotopic (exact) mass is 1550 g/mol. The second kappa shape index (κ2) is 32.2. The van der Waals surface area contributed by atoms with E-state index in [4.69, 9.17) is 0 Å². The molecule has 14 rings (SSSR count). The van der Waals surface area contributed by atoms with Gasteiger partial charge in [-0.25, -0.2) is 8.78 Å². The molecule has 0 saturated heterocycles. The fraction of sp³-hybridized carbons (Fsp3) is 0.294. The number of nitrogens with zero attached hydrogens (tertiary/aromatic N) is 4. The Balaban J connectivity index is 0.000000148. The zero-order valence-electron chi connectivity index (χ0n) is 73.0. The Morgan fingerprint density at radius 1 is 0.232 bits per heavy atom. The van der Waals surface area contributed by atoms with Gasteiger partial charge in [-0.2, -0.15) is 18.3 Å². The predicted octanol–water partition coefficient (Wildman–Crippen LogP) is 23.4. The molecule has 0 amide bonds. The first-order chi connectivity index (χ1) is 52.4. The SMILES string of the molecule is Cc1cc(-c2c(C)cccc2C)ccc1-c1c2ccc([Si](C)(C)C)cc2cc(C)[n+]1C.Cc1cc(-c2c3ccc([Si](C)(C)C)cc3cc(C)[n+]2C)c(C)c(C)c1F.Cc1cc(-c2ccccc2)ccc1-c1c2ccc([Si](C)(C)C)cc2cc(C)[n+]1C.Cc1cc(C)c(F)c(-c2c3ccc([Si](C)(C)C)cc3cc(C)[n+]2C)c1C. The average molecular weight is 1550 g/mol. The minimum atomic E-state index is -1.40. The van der Waals surface area contributed by atoms with Crippen molar-refractivity contribution in [3.05, 3.63) is 284 Å². The summed E-state index contributed by atoms with van der Waals surface area (Å²) < 4.78 is 38.6. The molecule has 0 spiro atoms. The van der Waals surface area contributed by atoms with E-state index >= 15 is 4.39 Å². The standard InChI is InChI=1S/C29H34NSi.C27H30NSi.2C23H29FNSi/c1-19-10-9-11-20(2)28(19)23-12-14-26(21(3)16-23)29-27-15-13-25(31(6,7)8)18-24(27)17-22(4)30(29)5;1-19-16-22(21-10-8-7-9-11-21)12-14-25(19)27-26-15-13-24(29(4,5)6)18-23(26)17-20(2)28(27)3;1-14-11-21(16(3)17(4)22(14)24)23-20-10-9-19(26(6,7)8)13-18(20)12-15(2)25(23)5;1-14-11-15(2)22(24)21(17(14)4)23-20-10-9-19(26(6,7)8)13-18(20)12-16(3)25(23)5/h9-18H,1-8H3;7-18H,1-6H3;2*9-13H,1-8H3/q4*+1. The van der Waals surface area contributed by atoms with Crippen molar-refractivity contribution in [1.82, 2.24) is 0 Å². The van der Waals surface area contributed by atoms with Crippen LogP contribution in [0.1, 0.15) is 78.4 Å². The molecule has 0 bridgehead atoms. The Hall–Kier alpha value is -9.43. The van der Waals surface area contributed by atoms with Crippen molar-refractivity contribution in [2.45, 2.75) is 175 Å². The molecule has 0 N–H and O–H groups in total. The van der Waals surface area contributed by atoms with Crippen molar-refractivity contribution >= 4 is 96.1 Å². The lowest BCUT2D eigenvalue weighted by Gasteiger charge is -2.18. The van der Waals surface area contributed by atoms with Crippen molar-refractivity contribution < 1.29 is 27.0 Å². The number of halogens is 2. The van der Waals surface area contributed by atoms with Crippen LogP contribution in [0.25, 0.3) is 110 Å². The van der Waals surface area contributed by atoms with Crippen LogP contribution in [0.5, 0.6) is 0 Å². The van der Waals surface area contributed by atoms with Crippen LogP contribution in [0, 0.1) is 109 Å². The van der Waals surface area contributed by atoms with Gasteiger partial charge in [-0.3, -0.25) is 0 Å². The fourth-order valence-corrected chi connectivity index (χ4v) is 20.9. The van der Waals surface area contributed by atoms with Crippen molar-refractivity contribution in [2.24, 2.45) is 28.2 Å². The topological polar surface area (TPSA) is 15.5 Å². The molecule has 4 aromatic heterocycles. The van der Waals surface area contributed by atoms with E-state index in [-0.39, 0.29) is 11.6 Å². The minimum absolute atomic E-state index is 0.0909. The number of aromatic nitrogens is 4. The summed E-state index contributed by atoms with van der Waals surface area (Å²) in [6, 6.07) is 72.0. The second-order valence-electron chi connectivity index (χ2n) is 36.3. The summed E-state index contributed by atoms with van der Waals surface area (Å²) in [4.78, 5) is 0. The maximum absolute atomic E-state index is 15.2. The van der Waals surface area contributed by atoms with Gasteiger partial charge in [0.05, 0.1) is 65.0 Å². The molecular weight excluding hydrogens is 1430 g/mol. The maximum atomic E-state index is 15.2. The molecule has 112 heavy (non-hydrogen) atoms. The predicted molar refractivity (Wildman–Crippen MR) is 491 cm³/mol. The van der Waals surface area contributed by atoms with E-state index in [1.807, 2.05) is 53.8 Å². The van der Waals surface area contributed by atoms with Gasteiger partial charge in [-0.05, 0) is 211 Å². The van der Waals surface area contributed by atoms with Gasteiger partial charge < -0.3 is 0 Å². The molecule has 0 unspecified atom stereocenters. The highest BCUT2D eigenvalue weighted by Crippen LogP contribution is 2.39. The molecule has 576 valence electrons. The second-order valence-corrected chi connectivity index (χ2v) is 56.6. The van der Waals surface area contributed by atoms with Gasteiger partial charge in [0.25, 0.3) is 0 Å². The normalized spacial score (nSPS) is 11.9. The van der Waals surface area contributed by atoms with E-state index in [9.17, 15) is 4.39 Å². The van der Waals surface area contributed by atoms with Crippen LogP contribution < -0.4 is 39.0 Å². The van der Waals surface area contributed by atoms with Crippen LogP contribution in [0.2, 0.25) is 78.6 Å². The lowest BCUT2D eigenvalue weighted by Crippen LogP contribution is -2.38. The number of aryl methyl sites for hydroxylation is 11. The summed E-state index contributed by atoms with van der Waals surface area (Å²) in [6.07, 6.45) is 0. The van der Waals surface area contributed by atoms with Crippen LogP contribution in [0.4, 0.5) is 8.78 Å². The average Bonchev–Trinajstić information content (AvgIpc) is 0.764. The summed E-state index contributed by atoms with van der Waals surface area (Å²) in [6.45, 7) is 57.9. The van der Waals surface area contributed by atoms with Crippen LogP contribution in [0.3, 0.4) is 0 Å². The van der Waals surface area contributed by atoms with Gasteiger partial charge in [-0.1, -0.05) is 227 Å². The van der Waals surface area contributed by atoms with E-state index in [1.165, 1.54) is 148 Å². The molecule has 10 aromatic carbocycles. The molecule has 4 nitrogen and oxygen atoms in total. The number of benzene rings is 10. The van der Waals surface area contributed by atoms with Gasteiger partial charge in [0, 0.05) is 63.1 Å². The van der Waals surface area contributed by atoms with Crippen LogP contribution in [-0.2, 0) is 28.2 Å². The van der Waals surface area contributed by atoms with Crippen molar-refractivity contribution in [3.8, 4) is 67.3 Å². The Morgan fingerprint density at radius 2 is 0.571 bits per heavy atom. The maximum Gasteiger partial charge on any atom is 0.223 e. The summed E-state index contributed by atoms with van der Waals surface area (Å²) in [5, 5.41) is 16.1. The largest absolute Gasteiger partial charge is 0.223 e. The number of pyridine rings is 4. The molecule has 0 aliphatic rings. The molecule has 0 aliphatic carbocycles. The first kappa shape index (κ1) is 83.5. The highest BCUT2D eigenvalue weighted by molar-refractivity contribution is 6.90. The highest BCUT2D eigenvalue weighted by atomic mass is 28.3. The number of hydrogen-bond donors (Lipinski definition) is 0. The lowest BCUT2D eigenvalue weighted by molar-refractivity contribution is -0.665. The number of rotatable bonds is 10. The van der Waals surface area contributed by atoms with E-state index in [2.05, 4.69) is 362 Å². The highest BCUT2D eigenvalue weighted by Gasteiger charge is 2.31. The zero-order valence-corrected chi connectivity index (χ0v) is 77.0. The van der Waals surface area contributed by atoms with Crippen molar-refractivity contribution in [2.75, 3.05) is 0 Å². The smallest absolute Gasteiger partial charge is 0.206 e. The minimum Gasteiger partial charge on any atom is -0.206 e. The molecule has 0 saturated carbocycles. The van der Waals surface area contributed by atoms with Gasteiger partial charge in [0.1, 0.15) is 39.8 Å². The molecule has 0 atom stereocenters. The third-order valence-electron chi connectivity index (χ3n) is 23.9. The molecule has 4 heterocycles. The fourth-order valence-electron chi connectivity index (χ4n) is 16.2. The Bertz CT molecular complexity index is 6000. The van der Waals surface area contributed by atoms with E-state index in [0.717, 1.165) is 50.2 Å².